The Bertz CT molecular complexity index is 467. The molecule has 3 nitrogen and oxygen atoms in total. The number of aromatic nitrogens is 2. The molecular weight excluding hydrogens is 249 g/mol. The molecule has 2 rings (SSSR count). The summed E-state index contributed by atoms with van der Waals surface area (Å²) in [6, 6.07) is 4.42. The van der Waals surface area contributed by atoms with Gasteiger partial charge in [0.25, 0.3) is 0 Å². The van der Waals surface area contributed by atoms with Crippen molar-refractivity contribution in [1.29, 1.82) is 0 Å². The van der Waals surface area contributed by atoms with Crippen LogP contribution in [0.3, 0.4) is 0 Å². The lowest BCUT2D eigenvalue weighted by molar-refractivity contribution is 0.628. The molecule has 0 unspecified atom stereocenters. The first-order valence-corrected chi connectivity index (χ1v) is 4.72. The maximum atomic E-state index is 13.0. The molecule has 0 aliphatic rings. The van der Waals surface area contributed by atoms with Crippen molar-refractivity contribution in [3.05, 3.63) is 34.7 Å². The van der Waals surface area contributed by atoms with E-state index in [9.17, 15) is 4.39 Å². The van der Waals surface area contributed by atoms with E-state index in [-0.39, 0.29) is 5.82 Å². The summed E-state index contributed by atoms with van der Waals surface area (Å²) in [5, 5.41) is 6.37. The van der Waals surface area contributed by atoms with Crippen LogP contribution in [-0.2, 0) is 0 Å². The number of nitrogens with two attached hydrogens (primary N) is 1. The van der Waals surface area contributed by atoms with Crippen molar-refractivity contribution in [2.24, 2.45) is 0 Å². The zero-order chi connectivity index (χ0) is 10.1. The Morgan fingerprint density at radius 1 is 1.36 bits per heavy atom. The van der Waals surface area contributed by atoms with Gasteiger partial charge in [0.05, 0.1) is 6.20 Å². The Morgan fingerprint density at radius 2 is 2.14 bits per heavy atom. The summed E-state index contributed by atoms with van der Waals surface area (Å²) < 4.78 is 13.8. The first-order valence-electron chi connectivity index (χ1n) is 3.93. The van der Waals surface area contributed by atoms with Gasteiger partial charge in [0.2, 0.25) is 0 Å². The van der Waals surface area contributed by atoms with Crippen molar-refractivity contribution >= 4 is 21.7 Å². The number of rotatable bonds is 1. The van der Waals surface area contributed by atoms with Gasteiger partial charge in [-0.3, -0.25) is 5.10 Å². The molecule has 0 saturated carbocycles. The van der Waals surface area contributed by atoms with E-state index in [0.717, 1.165) is 4.47 Å². The average Bonchev–Trinajstić information content (AvgIpc) is 2.56. The molecule has 0 radical (unpaired) electrons. The SMILES string of the molecule is Nc1[nH]ncc1-c1cc(F)ccc1Br. The maximum Gasteiger partial charge on any atom is 0.126 e. The summed E-state index contributed by atoms with van der Waals surface area (Å²) in [5.41, 5.74) is 7.01. The van der Waals surface area contributed by atoms with Crippen molar-refractivity contribution in [2.45, 2.75) is 0 Å². The number of hydrogen-bond acceptors (Lipinski definition) is 2. The molecule has 1 aromatic heterocycles. The molecule has 14 heavy (non-hydrogen) atoms. The second-order valence-corrected chi connectivity index (χ2v) is 3.68. The van der Waals surface area contributed by atoms with E-state index in [1.165, 1.54) is 12.1 Å². The lowest BCUT2D eigenvalue weighted by Crippen LogP contribution is -1.89. The third-order valence-electron chi connectivity index (χ3n) is 1.89. The van der Waals surface area contributed by atoms with Crippen LogP contribution in [0, 0.1) is 5.82 Å². The van der Waals surface area contributed by atoms with E-state index in [1.54, 1.807) is 12.3 Å². The molecule has 1 heterocycles. The molecule has 0 saturated heterocycles. The fraction of sp³-hybridized carbons (Fsp3) is 0. The first-order chi connectivity index (χ1) is 6.68. The van der Waals surface area contributed by atoms with E-state index < -0.39 is 0 Å². The van der Waals surface area contributed by atoms with E-state index in [4.69, 9.17) is 5.73 Å². The van der Waals surface area contributed by atoms with Crippen molar-refractivity contribution in [1.82, 2.24) is 10.2 Å². The van der Waals surface area contributed by atoms with Gasteiger partial charge < -0.3 is 5.73 Å². The fourth-order valence-electron chi connectivity index (χ4n) is 1.21. The van der Waals surface area contributed by atoms with Crippen molar-refractivity contribution in [3.63, 3.8) is 0 Å². The third kappa shape index (κ3) is 1.50. The maximum absolute atomic E-state index is 13.0. The highest BCUT2D eigenvalue weighted by Gasteiger charge is 2.09. The van der Waals surface area contributed by atoms with Crippen LogP contribution in [0.5, 0.6) is 0 Å². The molecule has 1 aromatic carbocycles. The topological polar surface area (TPSA) is 54.7 Å². The molecule has 0 fully saturated rings. The van der Waals surface area contributed by atoms with Gasteiger partial charge in [0.15, 0.2) is 0 Å². The number of hydrogen-bond donors (Lipinski definition) is 2. The van der Waals surface area contributed by atoms with Gasteiger partial charge in [0.1, 0.15) is 11.6 Å². The summed E-state index contributed by atoms with van der Waals surface area (Å²) in [5.74, 6) is 0.125. The quantitative estimate of drug-likeness (QED) is 0.823. The van der Waals surface area contributed by atoms with Gasteiger partial charge in [-0.1, -0.05) is 15.9 Å². The highest BCUT2D eigenvalue weighted by molar-refractivity contribution is 9.10. The Morgan fingerprint density at radius 3 is 2.79 bits per heavy atom. The molecule has 0 bridgehead atoms. The van der Waals surface area contributed by atoms with E-state index in [2.05, 4.69) is 26.1 Å². The molecule has 0 aliphatic heterocycles. The number of benzene rings is 1. The van der Waals surface area contributed by atoms with E-state index in [1.807, 2.05) is 0 Å². The summed E-state index contributed by atoms with van der Waals surface area (Å²) >= 11 is 3.32. The van der Waals surface area contributed by atoms with Gasteiger partial charge in [-0.15, -0.1) is 0 Å². The van der Waals surface area contributed by atoms with Crippen molar-refractivity contribution < 1.29 is 4.39 Å². The molecule has 0 atom stereocenters. The number of H-pyrrole nitrogens is 1. The number of nitrogens with one attached hydrogen (secondary N) is 1. The molecular formula is C9H7BrFN3. The van der Waals surface area contributed by atoms with Crippen LogP contribution in [0.15, 0.2) is 28.9 Å². The van der Waals surface area contributed by atoms with Gasteiger partial charge >= 0.3 is 0 Å². The third-order valence-corrected chi connectivity index (χ3v) is 2.58. The number of nitrogen functional groups attached to an aromatic ring is 1. The van der Waals surface area contributed by atoms with Crippen LogP contribution in [0.4, 0.5) is 10.2 Å². The standard InChI is InChI=1S/C9H7BrFN3/c10-8-2-1-5(11)3-6(8)7-4-13-14-9(7)12/h1-4H,(H3,12,13,14). The molecule has 2 aromatic rings. The van der Waals surface area contributed by atoms with Crippen LogP contribution in [0.25, 0.3) is 11.1 Å². The van der Waals surface area contributed by atoms with Crippen LogP contribution in [-0.4, -0.2) is 10.2 Å². The minimum absolute atomic E-state index is 0.302. The smallest absolute Gasteiger partial charge is 0.126 e. The van der Waals surface area contributed by atoms with Gasteiger partial charge in [-0.05, 0) is 18.2 Å². The molecule has 3 N–H and O–H groups in total. The second kappa shape index (κ2) is 3.42. The summed E-state index contributed by atoms with van der Waals surface area (Å²) in [6.07, 6.45) is 1.56. The molecule has 0 amide bonds. The Kier molecular flexibility index (Phi) is 2.25. The summed E-state index contributed by atoms with van der Waals surface area (Å²) in [4.78, 5) is 0. The number of nitrogens with zero attached hydrogens (tertiary/aromatic N) is 1. The van der Waals surface area contributed by atoms with Gasteiger partial charge in [0, 0.05) is 15.6 Å². The second-order valence-electron chi connectivity index (χ2n) is 2.82. The van der Waals surface area contributed by atoms with Crippen LogP contribution >= 0.6 is 15.9 Å². The minimum Gasteiger partial charge on any atom is -0.384 e. The molecule has 5 heteroatoms. The molecule has 0 aliphatic carbocycles. The van der Waals surface area contributed by atoms with Crippen LogP contribution in [0.2, 0.25) is 0 Å². The van der Waals surface area contributed by atoms with E-state index in [0.29, 0.717) is 16.9 Å². The molecule has 0 spiro atoms. The van der Waals surface area contributed by atoms with Crippen molar-refractivity contribution in [3.8, 4) is 11.1 Å². The predicted octanol–water partition coefficient (Wildman–Crippen LogP) is 2.56. The van der Waals surface area contributed by atoms with Crippen LogP contribution < -0.4 is 5.73 Å². The minimum atomic E-state index is -0.302. The number of halogens is 2. The normalized spacial score (nSPS) is 10.4. The largest absolute Gasteiger partial charge is 0.384 e. The Balaban J connectivity index is 2.62. The average molecular weight is 256 g/mol. The van der Waals surface area contributed by atoms with Gasteiger partial charge in [-0.2, -0.15) is 5.10 Å². The lowest BCUT2D eigenvalue weighted by atomic mass is 10.1. The monoisotopic (exact) mass is 255 g/mol. The zero-order valence-corrected chi connectivity index (χ0v) is 8.68. The Hall–Kier alpha value is -1.36. The Labute approximate surface area is 88.3 Å². The number of aromatic amines is 1. The predicted molar refractivity (Wildman–Crippen MR) is 56.1 cm³/mol. The first kappa shape index (κ1) is 9.21. The summed E-state index contributed by atoms with van der Waals surface area (Å²) in [6.45, 7) is 0. The fourth-order valence-corrected chi connectivity index (χ4v) is 1.67. The van der Waals surface area contributed by atoms with Crippen molar-refractivity contribution in [2.75, 3.05) is 5.73 Å². The van der Waals surface area contributed by atoms with Crippen LogP contribution in [0.1, 0.15) is 0 Å². The number of anilines is 1. The zero-order valence-electron chi connectivity index (χ0n) is 7.09. The van der Waals surface area contributed by atoms with Gasteiger partial charge in [-0.25, -0.2) is 4.39 Å². The highest BCUT2D eigenvalue weighted by Crippen LogP contribution is 2.31. The highest BCUT2D eigenvalue weighted by atomic mass is 79.9. The molecule has 72 valence electrons. The summed E-state index contributed by atoms with van der Waals surface area (Å²) in [7, 11) is 0. The lowest BCUT2D eigenvalue weighted by Gasteiger charge is -2.02. The van der Waals surface area contributed by atoms with E-state index >= 15 is 0 Å².